The second-order valence-corrected chi connectivity index (χ2v) is 11.6. The van der Waals surface area contributed by atoms with Crippen molar-refractivity contribution in [2.24, 2.45) is 5.92 Å². The van der Waals surface area contributed by atoms with Crippen molar-refractivity contribution in [3.63, 3.8) is 0 Å². The van der Waals surface area contributed by atoms with Crippen LogP contribution < -0.4 is 16.0 Å². The maximum Gasteiger partial charge on any atom is 0.263 e. The summed E-state index contributed by atoms with van der Waals surface area (Å²) in [6.07, 6.45) is 4.91. The zero-order valence-corrected chi connectivity index (χ0v) is 21.9. The predicted molar refractivity (Wildman–Crippen MR) is 140 cm³/mol. The normalized spacial score (nSPS) is 20.4. The molecule has 0 radical (unpaired) electrons. The highest BCUT2D eigenvalue weighted by Crippen LogP contribution is 2.30. The molecule has 2 aliphatic heterocycles. The number of rotatable bonds is 6. The van der Waals surface area contributed by atoms with Gasteiger partial charge in [-0.05, 0) is 65.2 Å². The highest BCUT2D eigenvalue weighted by atomic mass is 32.1. The maximum atomic E-state index is 13.1. The zero-order valence-electron chi connectivity index (χ0n) is 21.1. The Morgan fingerprint density at radius 3 is 2.66 bits per heavy atom. The van der Waals surface area contributed by atoms with E-state index in [1.165, 1.54) is 11.3 Å². The van der Waals surface area contributed by atoms with E-state index >= 15 is 0 Å². The SMILES string of the molecule is C=C1CC(Nc2nccc(-c3ccc(C(=O)N4CCC(C(=O)NC(C)C)CC4)s3)n2)CC(C)(C)N1. The van der Waals surface area contributed by atoms with Gasteiger partial charge >= 0.3 is 0 Å². The minimum absolute atomic E-state index is 0.0185. The molecule has 9 heteroatoms. The molecule has 1 unspecified atom stereocenters. The lowest BCUT2D eigenvalue weighted by atomic mass is 9.88. The Kier molecular flexibility index (Phi) is 7.44. The third kappa shape index (κ3) is 6.39. The first-order valence-electron chi connectivity index (χ1n) is 12.3. The predicted octanol–water partition coefficient (Wildman–Crippen LogP) is 4.04. The van der Waals surface area contributed by atoms with Crippen LogP contribution in [0.5, 0.6) is 0 Å². The van der Waals surface area contributed by atoms with E-state index in [1.54, 1.807) is 6.20 Å². The molecule has 35 heavy (non-hydrogen) atoms. The van der Waals surface area contributed by atoms with Gasteiger partial charge in [-0.15, -0.1) is 11.3 Å². The largest absolute Gasteiger partial charge is 0.384 e. The summed E-state index contributed by atoms with van der Waals surface area (Å²) in [4.78, 5) is 38.0. The van der Waals surface area contributed by atoms with Gasteiger partial charge in [-0.3, -0.25) is 9.59 Å². The molecule has 0 saturated carbocycles. The zero-order chi connectivity index (χ0) is 25.2. The molecule has 0 bridgehead atoms. The molecule has 2 amide bonds. The number of amides is 2. The summed E-state index contributed by atoms with van der Waals surface area (Å²) >= 11 is 1.45. The molecule has 2 aromatic rings. The van der Waals surface area contributed by atoms with Crippen LogP contribution in [0.4, 0.5) is 5.95 Å². The van der Waals surface area contributed by atoms with Crippen molar-refractivity contribution in [1.29, 1.82) is 0 Å². The molecule has 188 valence electrons. The van der Waals surface area contributed by atoms with Crippen molar-refractivity contribution in [1.82, 2.24) is 25.5 Å². The fourth-order valence-corrected chi connectivity index (χ4v) is 5.85. The Hall–Kier alpha value is -2.94. The standard InChI is InChI=1S/C26H36N6O2S/c1-16(2)28-23(33)18-9-12-32(13-10-18)24(34)22-7-6-21(35-22)20-8-11-27-25(30-20)29-19-14-17(3)31-26(4,5)15-19/h6-8,11,16,18-19,31H,3,9-10,12-15H2,1-2,4-5H3,(H,28,33)(H,27,29,30). The van der Waals surface area contributed by atoms with Gasteiger partial charge in [-0.25, -0.2) is 9.97 Å². The van der Waals surface area contributed by atoms with Gasteiger partial charge in [0.1, 0.15) is 0 Å². The quantitative estimate of drug-likeness (QED) is 0.558. The molecule has 3 N–H and O–H groups in total. The van der Waals surface area contributed by atoms with Crippen LogP contribution in [-0.2, 0) is 4.79 Å². The van der Waals surface area contributed by atoms with Gasteiger partial charge in [0.25, 0.3) is 5.91 Å². The molecule has 8 nitrogen and oxygen atoms in total. The molecular formula is C26H36N6O2S. The first-order chi connectivity index (χ1) is 16.6. The lowest BCUT2D eigenvalue weighted by molar-refractivity contribution is -0.126. The summed E-state index contributed by atoms with van der Waals surface area (Å²) in [5, 5.41) is 9.87. The third-order valence-corrected chi connectivity index (χ3v) is 7.50. The van der Waals surface area contributed by atoms with Gasteiger partial charge in [0.2, 0.25) is 11.9 Å². The summed E-state index contributed by atoms with van der Waals surface area (Å²) in [6, 6.07) is 6.03. The van der Waals surface area contributed by atoms with Crippen molar-refractivity contribution < 1.29 is 9.59 Å². The van der Waals surface area contributed by atoms with E-state index < -0.39 is 0 Å². The van der Waals surface area contributed by atoms with Crippen molar-refractivity contribution in [3.05, 3.63) is 41.5 Å². The Bertz CT molecular complexity index is 1090. The Morgan fingerprint density at radius 1 is 1.23 bits per heavy atom. The van der Waals surface area contributed by atoms with Gasteiger partial charge < -0.3 is 20.9 Å². The van der Waals surface area contributed by atoms with Crippen LogP contribution in [-0.4, -0.2) is 57.4 Å². The van der Waals surface area contributed by atoms with Crippen LogP contribution in [0.1, 0.15) is 63.0 Å². The van der Waals surface area contributed by atoms with Crippen molar-refractivity contribution in [2.75, 3.05) is 18.4 Å². The van der Waals surface area contributed by atoms with Gasteiger partial charge in [0.15, 0.2) is 0 Å². The minimum atomic E-state index is -0.0275. The minimum Gasteiger partial charge on any atom is -0.384 e. The molecule has 4 heterocycles. The van der Waals surface area contributed by atoms with Gasteiger partial charge in [-0.1, -0.05) is 6.58 Å². The number of nitrogens with one attached hydrogen (secondary N) is 3. The number of nitrogens with zero attached hydrogens (tertiary/aromatic N) is 3. The summed E-state index contributed by atoms with van der Waals surface area (Å²) in [5.41, 5.74) is 1.78. The van der Waals surface area contributed by atoms with E-state index in [1.807, 2.05) is 36.9 Å². The number of anilines is 1. The fourth-order valence-electron chi connectivity index (χ4n) is 4.91. The molecule has 2 saturated heterocycles. The van der Waals surface area contributed by atoms with E-state index in [4.69, 9.17) is 4.98 Å². The molecule has 0 aliphatic carbocycles. The van der Waals surface area contributed by atoms with E-state index in [9.17, 15) is 9.59 Å². The Labute approximate surface area is 211 Å². The highest BCUT2D eigenvalue weighted by molar-refractivity contribution is 7.17. The molecule has 2 fully saturated rings. The van der Waals surface area contributed by atoms with E-state index in [0.29, 0.717) is 36.8 Å². The topological polar surface area (TPSA) is 99.2 Å². The van der Waals surface area contributed by atoms with E-state index in [-0.39, 0.29) is 35.4 Å². The lowest BCUT2D eigenvalue weighted by Gasteiger charge is -2.38. The molecule has 0 spiro atoms. The fraction of sp³-hybridized carbons (Fsp3) is 0.538. The number of likely N-dealkylation sites (tertiary alicyclic amines) is 1. The van der Waals surface area contributed by atoms with Crippen LogP contribution in [0, 0.1) is 5.92 Å². The van der Waals surface area contributed by atoms with Crippen molar-refractivity contribution in [3.8, 4) is 10.6 Å². The monoisotopic (exact) mass is 496 g/mol. The van der Waals surface area contributed by atoms with Crippen molar-refractivity contribution in [2.45, 2.75) is 71.0 Å². The molecule has 0 aromatic carbocycles. The molecular weight excluding hydrogens is 460 g/mol. The molecule has 1 atom stereocenters. The number of carbonyl (C=O) groups is 2. The number of aromatic nitrogens is 2. The summed E-state index contributed by atoms with van der Waals surface area (Å²) in [7, 11) is 0. The van der Waals surface area contributed by atoms with Gasteiger partial charge in [0, 0.05) is 54.9 Å². The highest BCUT2D eigenvalue weighted by Gasteiger charge is 2.30. The van der Waals surface area contributed by atoms with Crippen LogP contribution in [0.25, 0.3) is 10.6 Å². The average Bonchev–Trinajstić information content (AvgIpc) is 3.27. The van der Waals surface area contributed by atoms with Crippen LogP contribution in [0.15, 0.2) is 36.7 Å². The third-order valence-electron chi connectivity index (χ3n) is 6.41. The average molecular weight is 497 g/mol. The summed E-state index contributed by atoms with van der Waals surface area (Å²) < 4.78 is 0. The van der Waals surface area contributed by atoms with Crippen LogP contribution in [0.2, 0.25) is 0 Å². The number of thiophene rings is 1. The second-order valence-electron chi connectivity index (χ2n) is 10.5. The van der Waals surface area contributed by atoms with Crippen molar-refractivity contribution >= 4 is 29.1 Å². The van der Waals surface area contributed by atoms with E-state index in [0.717, 1.165) is 29.1 Å². The first kappa shape index (κ1) is 25.2. The number of piperidine rings is 2. The number of carbonyl (C=O) groups excluding carboxylic acids is 2. The second kappa shape index (κ2) is 10.4. The maximum absolute atomic E-state index is 13.1. The molecule has 4 rings (SSSR count). The Balaban J connectivity index is 1.38. The smallest absolute Gasteiger partial charge is 0.263 e. The lowest BCUT2D eigenvalue weighted by Crippen LogP contribution is -2.48. The van der Waals surface area contributed by atoms with Crippen LogP contribution in [0.3, 0.4) is 0 Å². The van der Waals surface area contributed by atoms with E-state index in [2.05, 4.69) is 41.4 Å². The van der Waals surface area contributed by atoms with Gasteiger partial charge in [0.05, 0.1) is 15.4 Å². The summed E-state index contributed by atoms with van der Waals surface area (Å²) in [6.45, 7) is 13.6. The molecule has 2 aliphatic rings. The first-order valence-corrected chi connectivity index (χ1v) is 13.2. The number of hydrogen-bond acceptors (Lipinski definition) is 7. The molecule has 2 aromatic heterocycles. The van der Waals surface area contributed by atoms with Crippen LogP contribution >= 0.6 is 11.3 Å². The Morgan fingerprint density at radius 2 is 1.97 bits per heavy atom. The summed E-state index contributed by atoms with van der Waals surface area (Å²) in [5.74, 6) is 0.680. The van der Waals surface area contributed by atoms with Gasteiger partial charge in [-0.2, -0.15) is 0 Å². The number of hydrogen-bond donors (Lipinski definition) is 3.